The van der Waals surface area contributed by atoms with E-state index in [2.05, 4.69) is 48.7 Å². The third kappa shape index (κ3) is 5.07. The minimum atomic E-state index is -0.499. The Morgan fingerprint density at radius 2 is 1.94 bits per heavy atom. The molecule has 1 aliphatic heterocycles. The van der Waals surface area contributed by atoms with Gasteiger partial charge in [0.15, 0.2) is 17.7 Å². The van der Waals surface area contributed by atoms with Crippen LogP contribution < -0.4 is 9.80 Å². The van der Waals surface area contributed by atoms with Crippen LogP contribution in [0.5, 0.6) is 0 Å². The van der Waals surface area contributed by atoms with E-state index < -0.39 is 6.10 Å². The Bertz CT molecular complexity index is 1090. The topological polar surface area (TPSA) is 115 Å². The van der Waals surface area contributed by atoms with E-state index in [0.29, 0.717) is 30.6 Å². The van der Waals surface area contributed by atoms with Crippen molar-refractivity contribution in [2.45, 2.75) is 52.2 Å². The van der Waals surface area contributed by atoms with Crippen LogP contribution in [0, 0.1) is 0 Å². The summed E-state index contributed by atoms with van der Waals surface area (Å²) in [5, 5.41) is 4.15. The van der Waals surface area contributed by atoms with Crippen LogP contribution in [0.2, 0.25) is 0 Å². The molecule has 1 fully saturated rings. The molecule has 0 unspecified atom stereocenters. The second-order valence-electron chi connectivity index (χ2n) is 8.60. The van der Waals surface area contributed by atoms with Crippen molar-refractivity contribution in [1.82, 2.24) is 34.7 Å². The fourth-order valence-corrected chi connectivity index (χ4v) is 3.92. The van der Waals surface area contributed by atoms with E-state index in [1.54, 1.807) is 36.4 Å². The van der Waals surface area contributed by atoms with E-state index >= 15 is 0 Å². The quantitative estimate of drug-likeness (QED) is 0.496. The Balaban J connectivity index is 1.49. The van der Waals surface area contributed by atoms with Gasteiger partial charge in [0, 0.05) is 44.5 Å². The number of ether oxygens (including phenoxy) is 1. The van der Waals surface area contributed by atoms with Gasteiger partial charge in [-0.3, -0.25) is 4.79 Å². The van der Waals surface area contributed by atoms with E-state index in [1.807, 2.05) is 13.0 Å². The minimum Gasteiger partial charge on any atom is -0.454 e. The molecule has 4 heterocycles. The van der Waals surface area contributed by atoms with Gasteiger partial charge < -0.3 is 14.5 Å². The zero-order chi connectivity index (χ0) is 23.4. The highest BCUT2D eigenvalue weighted by Crippen LogP contribution is 2.29. The summed E-state index contributed by atoms with van der Waals surface area (Å²) in [6, 6.07) is 3.69. The summed E-state index contributed by atoms with van der Waals surface area (Å²) in [5.74, 6) is 2.39. The van der Waals surface area contributed by atoms with Gasteiger partial charge in [-0.1, -0.05) is 6.92 Å². The number of nitrogens with zero attached hydrogens (tertiary/aromatic N) is 9. The molecule has 0 aliphatic carbocycles. The van der Waals surface area contributed by atoms with Gasteiger partial charge in [-0.15, -0.1) is 0 Å². The predicted molar refractivity (Wildman–Crippen MR) is 122 cm³/mol. The summed E-state index contributed by atoms with van der Waals surface area (Å²) < 4.78 is 7.08. The van der Waals surface area contributed by atoms with Crippen molar-refractivity contribution in [2.24, 2.45) is 0 Å². The first-order chi connectivity index (χ1) is 15.9. The first kappa shape index (κ1) is 22.6. The number of carbonyl (C=O) groups is 1. The van der Waals surface area contributed by atoms with Crippen LogP contribution in [0.1, 0.15) is 52.5 Å². The van der Waals surface area contributed by atoms with Gasteiger partial charge in [0.25, 0.3) is 0 Å². The van der Waals surface area contributed by atoms with E-state index in [-0.39, 0.29) is 11.5 Å². The van der Waals surface area contributed by atoms with Crippen molar-refractivity contribution in [3.05, 3.63) is 43.0 Å². The Morgan fingerprint density at radius 3 is 2.67 bits per heavy atom. The van der Waals surface area contributed by atoms with Crippen LogP contribution in [0.3, 0.4) is 0 Å². The van der Waals surface area contributed by atoms with Crippen LogP contribution in [0.4, 0.5) is 11.8 Å². The molecule has 3 aromatic rings. The molecule has 1 atom stereocenters. The molecule has 0 spiro atoms. The SMILES string of the molecule is CCCC(=O)O[C@H](C)c1nccc(N2CCN(c3nccc(-n4cncn4)n3)CC2(C)C)n1. The third-order valence-corrected chi connectivity index (χ3v) is 5.53. The van der Waals surface area contributed by atoms with Crippen molar-refractivity contribution in [3.63, 3.8) is 0 Å². The van der Waals surface area contributed by atoms with Crippen LogP contribution in [0.25, 0.3) is 5.82 Å². The lowest BCUT2D eigenvalue weighted by Crippen LogP contribution is -2.60. The molecular formula is C22H29N9O2. The average Bonchev–Trinajstić information content (AvgIpc) is 3.34. The number of hydrogen-bond donors (Lipinski definition) is 0. The van der Waals surface area contributed by atoms with Gasteiger partial charge in [0.1, 0.15) is 18.5 Å². The normalized spacial score (nSPS) is 16.5. The molecule has 11 heteroatoms. The fourth-order valence-electron chi connectivity index (χ4n) is 3.92. The van der Waals surface area contributed by atoms with Crippen molar-refractivity contribution in [1.29, 1.82) is 0 Å². The molecule has 174 valence electrons. The smallest absolute Gasteiger partial charge is 0.306 e. The lowest BCUT2D eigenvalue weighted by atomic mass is 9.99. The molecule has 3 aromatic heterocycles. The molecule has 1 aliphatic rings. The minimum absolute atomic E-state index is 0.235. The highest BCUT2D eigenvalue weighted by Gasteiger charge is 2.36. The maximum atomic E-state index is 11.9. The highest BCUT2D eigenvalue weighted by molar-refractivity contribution is 5.69. The first-order valence-corrected chi connectivity index (χ1v) is 11.1. The molecule has 0 bridgehead atoms. The Hall–Kier alpha value is -3.63. The van der Waals surface area contributed by atoms with E-state index in [0.717, 1.165) is 25.3 Å². The second-order valence-corrected chi connectivity index (χ2v) is 8.60. The maximum Gasteiger partial charge on any atom is 0.306 e. The third-order valence-electron chi connectivity index (χ3n) is 5.53. The number of hydrogen-bond acceptors (Lipinski definition) is 10. The molecule has 11 nitrogen and oxygen atoms in total. The Morgan fingerprint density at radius 1 is 1.15 bits per heavy atom. The zero-order valence-electron chi connectivity index (χ0n) is 19.4. The molecule has 4 rings (SSSR count). The molecule has 0 saturated carbocycles. The summed E-state index contributed by atoms with van der Waals surface area (Å²) in [6.07, 6.45) is 7.18. The molecular weight excluding hydrogens is 422 g/mol. The highest BCUT2D eigenvalue weighted by atomic mass is 16.5. The second kappa shape index (κ2) is 9.47. The van der Waals surface area contributed by atoms with Crippen LogP contribution >= 0.6 is 0 Å². The monoisotopic (exact) mass is 451 g/mol. The molecule has 0 N–H and O–H groups in total. The number of esters is 1. The molecule has 1 saturated heterocycles. The number of anilines is 2. The summed E-state index contributed by atoms with van der Waals surface area (Å²) in [5.41, 5.74) is -0.251. The predicted octanol–water partition coefficient (Wildman–Crippen LogP) is 2.36. The van der Waals surface area contributed by atoms with Gasteiger partial charge >= 0.3 is 5.97 Å². The number of rotatable bonds is 7. The maximum absolute atomic E-state index is 11.9. The van der Waals surface area contributed by atoms with Crippen molar-refractivity contribution in [2.75, 3.05) is 29.4 Å². The zero-order valence-corrected chi connectivity index (χ0v) is 19.4. The van der Waals surface area contributed by atoms with Gasteiger partial charge in [-0.25, -0.2) is 24.6 Å². The first-order valence-electron chi connectivity index (χ1n) is 11.1. The number of piperazine rings is 1. The summed E-state index contributed by atoms with van der Waals surface area (Å²) in [7, 11) is 0. The van der Waals surface area contributed by atoms with Crippen LogP contribution in [0.15, 0.2) is 37.2 Å². The van der Waals surface area contributed by atoms with Crippen LogP contribution in [-0.4, -0.2) is 65.8 Å². The lowest BCUT2D eigenvalue weighted by molar-refractivity contribution is -0.149. The van der Waals surface area contributed by atoms with E-state index in [4.69, 9.17) is 9.72 Å². The average molecular weight is 452 g/mol. The number of aromatic nitrogens is 7. The Kier molecular flexibility index (Phi) is 6.47. The summed E-state index contributed by atoms with van der Waals surface area (Å²) in [6.45, 7) is 10.2. The van der Waals surface area contributed by atoms with E-state index in [9.17, 15) is 4.79 Å². The molecule has 0 aromatic carbocycles. The fraction of sp³-hybridized carbons (Fsp3) is 0.500. The Labute approximate surface area is 192 Å². The van der Waals surface area contributed by atoms with Gasteiger partial charge in [0.05, 0.1) is 5.54 Å². The van der Waals surface area contributed by atoms with Crippen molar-refractivity contribution >= 4 is 17.7 Å². The largest absolute Gasteiger partial charge is 0.454 e. The van der Waals surface area contributed by atoms with Gasteiger partial charge in [0.2, 0.25) is 5.95 Å². The van der Waals surface area contributed by atoms with Crippen molar-refractivity contribution in [3.8, 4) is 5.82 Å². The van der Waals surface area contributed by atoms with E-state index in [1.165, 1.54) is 6.33 Å². The van der Waals surface area contributed by atoms with Crippen molar-refractivity contribution < 1.29 is 9.53 Å². The van der Waals surface area contributed by atoms with Gasteiger partial charge in [-0.2, -0.15) is 10.1 Å². The standard InChI is InChI=1S/C22H29N9O2/c1-5-6-19(32)33-16(2)20-24-9-7-17(27-20)30-12-11-29(13-22(30,3)4)21-25-10-8-18(28-21)31-15-23-14-26-31/h7-10,14-16H,5-6,11-13H2,1-4H3/t16-/m1/s1. The lowest BCUT2D eigenvalue weighted by Gasteiger charge is -2.47. The molecule has 33 heavy (non-hydrogen) atoms. The summed E-state index contributed by atoms with van der Waals surface area (Å²) >= 11 is 0. The molecule has 0 radical (unpaired) electrons. The number of carbonyl (C=O) groups excluding carboxylic acids is 1. The van der Waals surface area contributed by atoms with Gasteiger partial charge in [-0.05, 0) is 33.3 Å². The summed E-state index contributed by atoms with van der Waals surface area (Å²) in [4.78, 5) is 38.5. The molecule has 0 amide bonds. The van der Waals surface area contributed by atoms with Crippen LogP contribution in [-0.2, 0) is 9.53 Å².